The zero-order valence-corrected chi connectivity index (χ0v) is 11.2. The fourth-order valence-electron chi connectivity index (χ4n) is 1.74. The summed E-state index contributed by atoms with van der Waals surface area (Å²) in [5.74, 6) is 0.615. The molecule has 0 radical (unpaired) electrons. The maximum Gasteiger partial charge on any atom is 0.244 e. The second kappa shape index (κ2) is 7.09. The molecule has 1 amide bonds. The van der Waals surface area contributed by atoms with Crippen molar-refractivity contribution < 1.29 is 9.53 Å². The molecule has 1 heterocycles. The Balaban J connectivity index is 1.91. The highest BCUT2D eigenvalue weighted by Crippen LogP contribution is 2.16. The first-order chi connectivity index (χ1) is 9.79. The quantitative estimate of drug-likeness (QED) is 0.847. The molecular weight excluding hydrogens is 252 g/mol. The van der Waals surface area contributed by atoms with E-state index in [0.29, 0.717) is 6.54 Å². The number of carbonyl (C=O) groups is 1. The van der Waals surface area contributed by atoms with Gasteiger partial charge >= 0.3 is 0 Å². The second-order valence-electron chi connectivity index (χ2n) is 4.15. The van der Waals surface area contributed by atoms with Crippen molar-refractivity contribution in [2.24, 2.45) is 0 Å². The minimum absolute atomic E-state index is 0.153. The number of ether oxygens (including phenoxy) is 1. The van der Waals surface area contributed by atoms with Gasteiger partial charge in [-0.2, -0.15) is 0 Å². The zero-order valence-electron chi connectivity index (χ0n) is 11.2. The number of amides is 1. The van der Waals surface area contributed by atoms with E-state index >= 15 is 0 Å². The molecule has 4 nitrogen and oxygen atoms in total. The third-order valence-corrected chi connectivity index (χ3v) is 2.76. The van der Waals surface area contributed by atoms with Crippen LogP contribution in [-0.2, 0) is 11.3 Å². The molecule has 1 aromatic heterocycles. The molecule has 0 saturated carbocycles. The van der Waals surface area contributed by atoms with E-state index in [4.69, 9.17) is 4.74 Å². The lowest BCUT2D eigenvalue weighted by Crippen LogP contribution is -2.20. The number of nitrogens with zero attached hydrogens (tertiary/aromatic N) is 1. The van der Waals surface area contributed by atoms with Gasteiger partial charge in [-0.3, -0.25) is 9.78 Å². The van der Waals surface area contributed by atoms with Crippen LogP contribution in [0.4, 0.5) is 0 Å². The first kappa shape index (κ1) is 13.8. The highest BCUT2D eigenvalue weighted by atomic mass is 16.5. The van der Waals surface area contributed by atoms with E-state index in [1.165, 1.54) is 6.08 Å². The summed E-state index contributed by atoms with van der Waals surface area (Å²) in [4.78, 5) is 15.7. The average molecular weight is 268 g/mol. The SMILES string of the molecule is COc1ccccc1CNC(=O)/C=C/c1cccnc1. The number of hydrogen-bond acceptors (Lipinski definition) is 3. The van der Waals surface area contributed by atoms with E-state index in [1.54, 1.807) is 25.6 Å². The van der Waals surface area contributed by atoms with Crippen LogP contribution in [0.5, 0.6) is 5.75 Å². The molecule has 0 unspecified atom stereocenters. The van der Waals surface area contributed by atoms with E-state index in [2.05, 4.69) is 10.3 Å². The predicted molar refractivity (Wildman–Crippen MR) is 78.1 cm³/mol. The number of pyridine rings is 1. The van der Waals surface area contributed by atoms with Crippen molar-refractivity contribution in [1.82, 2.24) is 10.3 Å². The van der Waals surface area contributed by atoms with Crippen LogP contribution in [0.2, 0.25) is 0 Å². The number of carbonyl (C=O) groups excluding carboxylic acids is 1. The molecule has 0 aliphatic carbocycles. The number of para-hydroxylation sites is 1. The molecule has 0 atom stereocenters. The number of rotatable bonds is 5. The van der Waals surface area contributed by atoms with Gasteiger partial charge in [0.15, 0.2) is 0 Å². The Morgan fingerprint density at radius 3 is 2.90 bits per heavy atom. The van der Waals surface area contributed by atoms with Crippen LogP contribution in [0, 0.1) is 0 Å². The first-order valence-corrected chi connectivity index (χ1v) is 6.27. The van der Waals surface area contributed by atoms with Gasteiger partial charge < -0.3 is 10.1 Å². The summed E-state index contributed by atoms with van der Waals surface area (Å²) in [6, 6.07) is 11.3. The molecule has 0 bridgehead atoms. The molecule has 2 rings (SSSR count). The lowest BCUT2D eigenvalue weighted by molar-refractivity contribution is -0.116. The molecule has 4 heteroatoms. The van der Waals surface area contributed by atoms with Crippen LogP contribution in [0.1, 0.15) is 11.1 Å². The van der Waals surface area contributed by atoms with E-state index in [9.17, 15) is 4.79 Å². The van der Waals surface area contributed by atoms with Crippen LogP contribution in [0.15, 0.2) is 54.9 Å². The van der Waals surface area contributed by atoms with Gasteiger partial charge in [-0.05, 0) is 23.8 Å². The topological polar surface area (TPSA) is 51.2 Å². The molecule has 1 N–H and O–H groups in total. The number of hydrogen-bond donors (Lipinski definition) is 1. The van der Waals surface area contributed by atoms with Crippen molar-refractivity contribution in [3.8, 4) is 5.75 Å². The summed E-state index contributed by atoms with van der Waals surface area (Å²) in [6.45, 7) is 0.431. The largest absolute Gasteiger partial charge is 0.496 e. The summed E-state index contributed by atoms with van der Waals surface area (Å²) < 4.78 is 5.23. The molecular formula is C16H16N2O2. The second-order valence-corrected chi connectivity index (χ2v) is 4.15. The van der Waals surface area contributed by atoms with Crippen molar-refractivity contribution >= 4 is 12.0 Å². The standard InChI is InChI=1S/C16H16N2O2/c1-20-15-7-3-2-6-14(15)12-18-16(19)9-8-13-5-4-10-17-11-13/h2-11H,12H2,1H3,(H,18,19)/b9-8+. The molecule has 0 fully saturated rings. The van der Waals surface area contributed by atoms with Crippen molar-refractivity contribution in [2.45, 2.75) is 6.54 Å². The fraction of sp³-hybridized carbons (Fsp3) is 0.125. The maximum atomic E-state index is 11.7. The summed E-state index contributed by atoms with van der Waals surface area (Å²) in [5.41, 5.74) is 1.83. The van der Waals surface area contributed by atoms with Crippen molar-refractivity contribution in [1.29, 1.82) is 0 Å². The average Bonchev–Trinajstić information content (AvgIpc) is 2.52. The highest BCUT2D eigenvalue weighted by Gasteiger charge is 2.02. The van der Waals surface area contributed by atoms with Gasteiger partial charge in [0.2, 0.25) is 5.91 Å². The molecule has 102 valence electrons. The molecule has 0 spiro atoms. The van der Waals surface area contributed by atoms with Crippen LogP contribution < -0.4 is 10.1 Å². The van der Waals surface area contributed by atoms with Crippen LogP contribution in [-0.4, -0.2) is 18.0 Å². The van der Waals surface area contributed by atoms with Gasteiger partial charge in [0.25, 0.3) is 0 Å². The number of benzene rings is 1. The monoisotopic (exact) mass is 268 g/mol. The summed E-state index contributed by atoms with van der Waals surface area (Å²) in [6.07, 6.45) is 6.61. The van der Waals surface area contributed by atoms with Crippen LogP contribution in [0.3, 0.4) is 0 Å². The lowest BCUT2D eigenvalue weighted by Gasteiger charge is -2.08. The molecule has 20 heavy (non-hydrogen) atoms. The van der Waals surface area contributed by atoms with Gasteiger partial charge in [0, 0.05) is 30.6 Å². The number of nitrogens with one attached hydrogen (secondary N) is 1. The van der Waals surface area contributed by atoms with E-state index in [-0.39, 0.29) is 5.91 Å². The summed E-state index contributed by atoms with van der Waals surface area (Å²) in [7, 11) is 1.61. The normalized spacial score (nSPS) is 10.4. The van der Waals surface area contributed by atoms with Gasteiger partial charge in [0.05, 0.1) is 7.11 Å². The molecule has 1 aromatic carbocycles. The lowest BCUT2D eigenvalue weighted by atomic mass is 10.2. The minimum atomic E-state index is -0.153. The number of methoxy groups -OCH3 is 1. The Bertz CT molecular complexity index is 594. The van der Waals surface area contributed by atoms with Crippen LogP contribution >= 0.6 is 0 Å². The highest BCUT2D eigenvalue weighted by molar-refractivity contribution is 5.91. The first-order valence-electron chi connectivity index (χ1n) is 6.27. The smallest absolute Gasteiger partial charge is 0.244 e. The number of aromatic nitrogens is 1. The minimum Gasteiger partial charge on any atom is -0.496 e. The summed E-state index contributed by atoms with van der Waals surface area (Å²) >= 11 is 0. The van der Waals surface area contributed by atoms with Gasteiger partial charge in [-0.25, -0.2) is 0 Å². The third-order valence-electron chi connectivity index (χ3n) is 2.76. The Morgan fingerprint density at radius 1 is 1.30 bits per heavy atom. The predicted octanol–water partition coefficient (Wildman–Crippen LogP) is 2.42. The molecule has 0 saturated heterocycles. The van der Waals surface area contributed by atoms with Gasteiger partial charge in [-0.1, -0.05) is 24.3 Å². The summed E-state index contributed by atoms with van der Waals surface area (Å²) in [5, 5.41) is 2.82. The Hall–Kier alpha value is -2.62. The van der Waals surface area contributed by atoms with E-state index in [1.807, 2.05) is 36.4 Å². The van der Waals surface area contributed by atoms with Crippen LogP contribution in [0.25, 0.3) is 6.08 Å². The van der Waals surface area contributed by atoms with Crippen molar-refractivity contribution in [3.63, 3.8) is 0 Å². The zero-order chi connectivity index (χ0) is 14.2. The Kier molecular flexibility index (Phi) is 4.89. The maximum absolute atomic E-state index is 11.7. The Morgan fingerprint density at radius 2 is 2.15 bits per heavy atom. The fourth-order valence-corrected chi connectivity index (χ4v) is 1.74. The molecule has 2 aromatic rings. The van der Waals surface area contributed by atoms with Gasteiger partial charge in [-0.15, -0.1) is 0 Å². The third kappa shape index (κ3) is 3.95. The molecule has 0 aliphatic heterocycles. The van der Waals surface area contributed by atoms with E-state index in [0.717, 1.165) is 16.9 Å². The molecule has 0 aliphatic rings. The Labute approximate surface area is 118 Å². The van der Waals surface area contributed by atoms with Crippen molar-refractivity contribution in [2.75, 3.05) is 7.11 Å². The van der Waals surface area contributed by atoms with Gasteiger partial charge in [0.1, 0.15) is 5.75 Å². The van der Waals surface area contributed by atoms with Crippen molar-refractivity contribution in [3.05, 3.63) is 66.0 Å². The van der Waals surface area contributed by atoms with E-state index < -0.39 is 0 Å².